The van der Waals surface area contributed by atoms with Crippen LogP contribution in [-0.4, -0.2) is 9.97 Å². The van der Waals surface area contributed by atoms with Gasteiger partial charge < -0.3 is 14.4 Å². The molecule has 0 amide bonds. The van der Waals surface area contributed by atoms with Crippen LogP contribution in [0.3, 0.4) is 0 Å². The summed E-state index contributed by atoms with van der Waals surface area (Å²) in [5.41, 5.74) is 8.12. The van der Waals surface area contributed by atoms with Gasteiger partial charge in [0, 0.05) is 52.8 Å². The standard InChI is InChI=1S/C22H16NOS.C11H8N.Ir/c1-12-7-9-18(23-11-12)17-6-4-5-15-16-8-10-19-20(13(2)14(3)25-19)22(16)24-21(15)17;1-2-6-10(7-3-1)11-8-4-5-9-12-11;/h4-5,7-11H,1-3H3;1-6,8-9H;/q2*-1;. The van der Waals surface area contributed by atoms with Crippen LogP contribution in [0.1, 0.15) is 16.0 Å². The molecule has 0 unspecified atom stereocenters. The number of rotatable bonds is 2. The minimum Gasteiger partial charge on any atom is -0.500 e. The maximum Gasteiger partial charge on any atom is 0.129 e. The first-order valence-corrected chi connectivity index (χ1v) is 13.0. The van der Waals surface area contributed by atoms with Crippen LogP contribution >= 0.6 is 11.3 Å². The Morgan fingerprint density at radius 2 is 1.58 bits per heavy atom. The first-order chi connectivity index (χ1) is 18.1. The average Bonchev–Trinajstić information content (AvgIpc) is 3.47. The van der Waals surface area contributed by atoms with Gasteiger partial charge in [-0.25, -0.2) is 0 Å². The summed E-state index contributed by atoms with van der Waals surface area (Å²) in [7, 11) is 0. The van der Waals surface area contributed by atoms with Gasteiger partial charge in [0.05, 0.1) is 5.58 Å². The molecule has 0 N–H and O–H groups in total. The van der Waals surface area contributed by atoms with E-state index in [4.69, 9.17) is 4.42 Å². The molecule has 38 heavy (non-hydrogen) atoms. The monoisotopic (exact) mass is 689 g/mol. The van der Waals surface area contributed by atoms with Gasteiger partial charge in [0.25, 0.3) is 0 Å². The molecule has 7 rings (SSSR count). The van der Waals surface area contributed by atoms with Gasteiger partial charge >= 0.3 is 0 Å². The molecule has 0 aliphatic heterocycles. The molecule has 7 aromatic rings. The number of fused-ring (bicyclic) bond motifs is 5. The number of furan rings is 1. The minimum absolute atomic E-state index is 0. The second kappa shape index (κ2) is 11.0. The maximum atomic E-state index is 6.41. The number of benzene rings is 3. The Kier molecular flexibility index (Phi) is 7.53. The van der Waals surface area contributed by atoms with Gasteiger partial charge in [-0.05, 0) is 55.4 Å². The summed E-state index contributed by atoms with van der Waals surface area (Å²) in [5, 5.41) is 3.51. The molecule has 3 nitrogen and oxygen atoms in total. The Balaban J connectivity index is 0.000000191. The zero-order valence-corrected chi connectivity index (χ0v) is 24.4. The van der Waals surface area contributed by atoms with E-state index in [9.17, 15) is 0 Å². The molecular weight excluding hydrogens is 665 g/mol. The van der Waals surface area contributed by atoms with Gasteiger partial charge in [-0.15, -0.1) is 65.4 Å². The number of aromatic nitrogens is 2. The van der Waals surface area contributed by atoms with E-state index in [0.717, 1.165) is 50.0 Å². The summed E-state index contributed by atoms with van der Waals surface area (Å²) in [4.78, 5) is 10.1. The van der Waals surface area contributed by atoms with Crippen molar-refractivity contribution in [3.8, 4) is 22.5 Å². The van der Waals surface area contributed by atoms with E-state index in [0.29, 0.717) is 0 Å². The molecule has 0 aliphatic carbocycles. The van der Waals surface area contributed by atoms with E-state index in [1.54, 1.807) is 6.20 Å². The van der Waals surface area contributed by atoms with E-state index in [1.807, 2.05) is 79.1 Å². The number of aryl methyl sites for hydroxylation is 3. The summed E-state index contributed by atoms with van der Waals surface area (Å²) in [5.74, 6) is 0. The van der Waals surface area contributed by atoms with Crippen molar-refractivity contribution in [1.82, 2.24) is 9.97 Å². The Labute approximate surface area is 239 Å². The molecule has 0 fully saturated rings. The molecule has 3 aromatic carbocycles. The minimum atomic E-state index is 0. The van der Waals surface area contributed by atoms with Crippen LogP contribution in [-0.2, 0) is 20.1 Å². The molecule has 0 aliphatic rings. The zero-order chi connectivity index (χ0) is 25.4. The van der Waals surface area contributed by atoms with Crippen molar-refractivity contribution in [3.63, 3.8) is 0 Å². The van der Waals surface area contributed by atoms with Gasteiger partial charge in [0.15, 0.2) is 0 Å². The van der Waals surface area contributed by atoms with Crippen molar-refractivity contribution in [3.05, 3.63) is 119 Å². The molecule has 5 heteroatoms. The van der Waals surface area contributed by atoms with E-state index < -0.39 is 0 Å². The number of hydrogen-bond acceptors (Lipinski definition) is 4. The van der Waals surface area contributed by atoms with Crippen LogP contribution in [0.5, 0.6) is 0 Å². The molecule has 0 spiro atoms. The van der Waals surface area contributed by atoms with Crippen molar-refractivity contribution in [1.29, 1.82) is 0 Å². The fourth-order valence-electron chi connectivity index (χ4n) is 4.53. The molecule has 1 radical (unpaired) electrons. The van der Waals surface area contributed by atoms with Crippen molar-refractivity contribution in [2.75, 3.05) is 0 Å². The molecule has 4 heterocycles. The van der Waals surface area contributed by atoms with Crippen LogP contribution < -0.4 is 0 Å². The third-order valence-electron chi connectivity index (χ3n) is 6.55. The zero-order valence-electron chi connectivity index (χ0n) is 21.2. The summed E-state index contributed by atoms with van der Waals surface area (Å²) in [6.45, 7) is 6.39. The molecule has 0 saturated heterocycles. The van der Waals surface area contributed by atoms with Crippen LogP contribution in [0.15, 0.2) is 95.7 Å². The quantitative estimate of drug-likeness (QED) is 0.170. The van der Waals surface area contributed by atoms with Gasteiger partial charge in [0.1, 0.15) is 5.58 Å². The Bertz CT molecular complexity index is 1800. The van der Waals surface area contributed by atoms with E-state index in [2.05, 4.69) is 60.2 Å². The van der Waals surface area contributed by atoms with Crippen LogP contribution in [0.25, 0.3) is 54.5 Å². The van der Waals surface area contributed by atoms with Crippen molar-refractivity contribution >= 4 is 43.4 Å². The fraction of sp³-hybridized carbons (Fsp3) is 0.0909. The maximum absolute atomic E-state index is 6.41. The Morgan fingerprint density at radius 3 is 2.32 bits per heavy atom. The molecular formula is C33H24IrN2OS-2. The van der Waals surface area contributed by atoms with E-state index in [1.165, 1.54) is 20.5 Å². The van der Waals surface area contributed by atoms with Crippen LogP contribution in [0.2, 0.25) is 0 Å². The van der Waals surface area contributed by atoms with Crippen LogP contribution in [0, 0.1) is 32.9 Å². The van der Waals surface area contributed by atoms with E-state index in [-0.39, 0.29) is 20.1 Å². The van der Waals surface area contributed by atoms with Gasteiger partial charge in [-0.2, -0.15) is 0 Å². The second-order valence-corrected chi connectivity index (χ2v) is 10.3. The number of hydrogen-bond donors (Lipinski definition) is 0. The SMILES string of the molecule is Cc1ccc(-c2[c-]ccc3c2oc2c3ccc3sc(C)c(C)c32)nc1.[Ir].[c-]1ccccc1-c1ccccn1. The predicted octanol–water partition coefficient (Wildman–Crippen LogP) is 9.13. The van der Waals surface area contributed by atoms with Crippen LogP contribution in [0.4, 0.5) is 0 Å². The normalized spacial score (nSPS) is 10.8. The summed E-state index contributed by atoms with van der Waals surface area (Å²) < 4.78 is 7.69. The average molecular weight is 689 g/mol. The van der Waals surface area contributed by atoms with Crippen molar-refractivity contribution in [2.45, 2.75) is 20.8 Å². The Hall–Kier alpha value is -3.63. The fourth-order valence-corrected chi connectivity index (χ4v) is 5.59. The number of pyridine rings is 2. The first kappa shape index (κ1) is 26.0. The van der Waals surface area contributed by atoms with Crippen molar-refractivity contribution < 1.29 is 24.5 Å². The molecule has 189 valence electrons. The topological polar surface area (TPSA) is 38.9 Å². The van der Waals surface area contributed by atoms with Gasteiger partial charge in [-0.3, -0.25) is 0 Å². The van der Waals surface area contributed by atoms with E-state index >= 15 is 0 Å². The smallest absolute Gasteiger partial charge is 0.129 e. The third kappa shape index (κ3) is 4.81. The van der Waals surface area contributed by atoms with Gasteiger partial charge in [0.2, 0.25) is 0 Å². The largest absolute Gasteiger partial charge is 0.500 e. The summed E-state index contributed by atoms with van der Waals surface area (Å²) in [6.07, 6.45) is 3.67. The summed E-state index contributed by atoms with van der Waals surface area (Å²) >= 11 is 1.83. The second-order valence-electron chi connectivity index (χ2n) is 9.01. The predicted molar refractivity (Wildman–Crippen MR) is 154 cm³/mol. The molecule has 0 atom stereocenters. The van der Waals surface area contributed by atoms with Gasteiger partial charge in [-0.1, -0.05) is 41.3 Å². The third-order valence-corrected chi connectivity index (χ3v) is 7.72. The number of nitrogens with zero attached hydrogens (tertiary/aromatic N) is 2. The molecule has 4 aromatic heterocycles. The molecule has 0 bridgehead atoms. The first-order valence-electron chi connectivity index (χ1n) is 12.2. The van der Waals surface area contributed by atoms with Crippen molar-refractivity contribution in [2.24, 2.45) is 0 Å². The molecule has 0 saturated carbocycles. The Morgan fingerprint density at radius 1 is 0.737 bits per heavy atom. The summed E-state index contributed by atoms with van der Waals surface area (Å²) in [6, 6.07) is 32.7. The number of thiophene rings is 1.